The third kappa shape index (κ3) is 2.18. The molecule has 0 saturated heterocycles. The molecular formula is C14H12ClF2N. The molecule has 1 nitrogen and oxygen atoms in total. The number of hydrogen-bond donors (Lipinski definition) is 1. The van der Waals surface area contributed by atoms with Gasteiger partial charge in [0.25, 0.3) is 0 Å². The van der Waals surface area contributed by atoms with Gasteiger partial charge < -0.3 is 5.73 Å². The third-order valence-electron chi connectivity index (χ3n) is 2.89. The molecule has 0 heterocycles. The molecule has 94 valence electrons. The number of hydrogen-bond acceptors (Lipinski definition) is 1. The summed E-state index contributed by atoms with van der Waals surface area (Å²) in [5, 5.41) is 0.167. The summed E-state index contributed by atoms with van der Waals surface area (Å²) in [5.41, 5.74) is 8.03. The fourth-order valence-electron chi connectivity index (χ4n) is 1.76. The van der Waals surface area contributed by atoms with Crippen molar-refractivity contribution < 1.29 is 8.78 Å². The molecule has 0 fully saturated rings. The molecule has 0 aromatic heterocycles. The second kappa shape index (κ2) is 4.58. The van der Waals surface area contributed by atoms with E-state index in [4.69, 9.17) is 17.3 Å². The first-order valence-electron chi connectivity index (χ1n) is 5.42. The van der Waals surface area contributed by atoms with Crippen molar-refractivity contribution in [1.82, 2.24) is 0 Å². The molecule has 2 aromatic rings. The minimum absolute atomic E-state index is 0.167. The highest BCUT2D eigenvalue weighted by atomic mass is 35.5. The van der Waals surface area contributed by atoms with E-state index in [1.165, 1.54) is 24.3 Å². The first-order valence-corrected chi connectivity index (χ1v) is 5.79. The Labute approximate surface area is 109 Å². The van der Waals surface area contributed by atoms with Crippen LogP contribution in [0.4, 0.5) is 14.5 Å². The summed E-state index contributed by atoms with van der Waals surface area (Å²) < 4.78 is 27.2. The Hall–Kier alpha value is -1.61. The molecule has 2 aromatic carbocycles. The average Bonchev–Trinajstić information content (AvgIpc) is 2.29. The molecule has 0 radical (unpaired) electrons. The molecule has 0 aliphatic carbocycles. The predicted molar refractivity (Wildman–Crippen MR) is 70.7 cm³/mol. The first kappa shape index (κ1) is 12.8. The van der Waals surface area contributed by atoms with Crippen LogP contribution in [0.2, 0.25) is 5.02 Å². The average molecular weight is 268 g/mol. The molecule has 18 heavy (non-hydrogen) atoms. The number of rotatable bonds is 1. The van der Waals surface area contributed by atoms with Gasteiger partial charge in [-0.15, -0.1) is 0 Å². The highest BCUT2D eigenvalue weighted by molar-refractivity contribution is 6.33. The lowest BCUT2D eigenvalue weighted by molar-refractivity contribution is 0.617. The second-order valence-corrected chi connectivity index (χ2v) is 4.68. The second-order valence-electron chi connectivity index (χ2n) is 4.27. The van der Waals surface area contributed by atoms with E-state index in [1.54, 1.807) is 13.8 Å². The molecule has 0 amide bonds. The fourth-order valence-corrected chi connectivity index (χ4v) is 2.01. The molecular weight excluding hydrogens is 256 g/mol. The molecule has 0 spiro atoms. The summed E-state index contributed by atoms with van der Waals surface area (Å²) >= 11 is 5.95. The van der Waals surface area contributed by atoms with Gasteiger partial charge in [0.15, 0.2) is 0 Å². The molecule has 0 aliphatic rings. The van der Waals surface area contributed by atoms with Crippen LogP contribution >= 0.6 is 11.6 Å². The van der Waals surface area contributed by atoms with Gasteiger partial charge in [-0.25, -0.2) is 8.78 Å². The number of nitrogens with two attached hydrogens (primary N) is 1. The number of nitrogen functional groups attached to an aromatic ring is 1. The maximum Gasteiger partial charge on any atom is 0.131 e. The van der Waals surface area contributed by atoms with Gasteiger partial charge in [0.2, 0.25) is 0 Å². The van der Waals surface area contributed by atoms with E-state index < -0.39 is 11.6 Å². The Morgan fingerprint density at radius 1 is 0.889 bits per heavy atom. The summed E-state index contributed by atoms with van der Waals surface area (Å²) in [7, 11) is 0. The largest absolute Gasteiger partial charge is 0.398 e. The van der Waals surface area contributed by atoms with E-state index in [-0.39, 0.29) is 10.6 Å². The highest BCUT2D eigenvalue weighted by Gasteiger charge is 2.13. The van der Waals surface area contributed by atoms with Crippen molar-refractivity contribution in [3.63, 3.8) is 0 Å². The van der Waals surface area contributed by atoms with Crippen LogP contribution in [0.1, 0.15) is 11.1 Å². The van der Waals surface area contributed by atoms with Crippen molar-refractivity contribution >= 4 is 17.3 Å². The number of aryl methyl sites for hydroxylation is 2. The lowest BCUT2D eigenvalue weighted by atomic mass is 10.00. The topological polar surface area (TPSA) is 26.0 Å². The van der Waals surface area contributed by atoms with Crippen LogP contribution in [0, 0.1) is 25.5 Å². The summed E-state index contributed by atoms with van der Waals surface area (Å²) in [4.78, 5) is 0. The fraction of sp³-hybridized carbons (Fsp3) is 0.143. The predicted octanol–water partition coefficient (Wildman–Crippen LogP) is 4.48. The minimum Gasteiger partial charge on any atom is -0.398 e. The molecule has 4 heteroatoms. The van der Waals surface area contributed by atoms with Gasteiger partial charge in [0, 0.05) is 16.8 Å². The van der Waals surface area contributed by atoms with E-state index in [2.05, 4.69) is 0 Å². The summed E-state index contributed by atoms with van der Waals surface area (Å²) in [6, 6.07) is 5.56. The van der Waals surface area contributed by atoms with Crippen molar-refractivity contribution in [2.24, 2.45) is 0 Å². The van der Waals surface area contributed by atoms with Crippen LogP contribution in [0.25, 0.3) is 11.1 Å². The van der Waals surface area contributed by atoms with Gasteiger partial charge in [0.05, 0.1) is 5.02 Å². The molecule has 0 unspecified atom stereocenters. The normalized spacial score (nSPS) is 10.7. The standard InChI is InChI=1S/C14H12ClF2N/c1-7-3-9(11(15)6-12(7)16)10-5-14(18)8(2)4-13(10)17/h3-6H,18H2,1-2H3. The van der Waals surface area contributed by atoms with Gasteiger partial charge in [-0.1, -0.05) is 11.6 Å². The molecule has 0 saturated carbocycles. The number of halogens is 3. The minimum atomic E-state index is -0.422. The van der Waals surface area contributed by atoms with Crippen LogP contribution in [0.15, 0.2) is 24.3 Å². The Balaban J connectivity index is 2.69. The maximum atomic E-state index is 13.9. The van der Waals surface area contributed by atoms with Crippen LogP contribution in [0.5, 0.6) is 0 Å². The van der Waals surface area contributed by atoms with E-state index in [1.807, 2.05) is 0 Å². The Bertz CT molecular complexity index is 568. The smallest absolute Gasteiger partial charge is 0.131 e. The molecule has 2 N–H and O–H groups in total. The molecule has 2 rings (SSSR count). The van der Waals surface area contributed by atoms with Crippen molar-refractivity contribution in [2.45, 2.75) is 13.8 Å². The third-order valence-corrected chi connectivity index (χ3v) is 3.21. The lowest BCUT2D eigenvalue weighted by Gasteiger charge is -2.10. The number of anilines is 1. The summed E-state index contributed by atoms with van der Waals surface area (Å²) in [6.45, 7) is 3.32. The Morgan fingerprint density at radius 2 is 1.56 bits per heavy atom. The van der Waals surface area contributed by atoms with Crippen molar-refractivity contribution in [1.29, 1.82) is 0 Å². The maximum absolute atomic E-state index is 13.9. The van der Waals surface area contributed by atoms with E-state index >= 15 is 0 Å². The zero-order valence-corrected chi connectivity index (χ0v) is 10.8. The van der Waals surface area contributed by atoms with Gasteiger partial charge >= 0.3 is 0 Å². The first-order chi connectivity index (χ1) is 8.40. The van der Waals surface area contributed by atoms with Crippen LogP contribution in [-0.4, -0.2) is 0 Å². The van der Waals surface area contributed by atoms with Crippen molar-refractivity contribution in [3.8, 4) is 11.1 Å². The van der Waals surface area contributed by atoms with Crippen LogP contribution in [-0.2, 0) is 0 Å². The van der Waals surface area contributed by atoms with E-state index in [0.717, 1.165) is 0 Å². The zero-order chi connectivity index (χ0) is 13.4. The Morgan fingerprint density at radius 3 is 2.22 bits per heavy atom. The molecule has 0 bridgehead atoms. The number of benzene rings is 2. The van der Waals surface area contributed by atoms with Gasteiger partial charge in [-0.3, -0.25) is 0 Å². The molecule has 0 aliphatic heterocycles. The summed E-state index contributed by atoms with van der Waals surface area (Å²) in [6.07, 6.45) is 0. The SMILES string of the molecule is Cc1cc(F)c(-c2cc(C)c(F)cc2Cl)cc1N. The highest BCUT2D eigenvalue weighted by Crippen LogP contribution is 2.34. The quantitative estimate of drug-likeness (QED) is 0.757. The van der Waals surface area contributed by atoms with Gasteiger partial charge in [-0.2, -0.15) is 0 Å². The Kier molecular flexibility index (Phi) is 3.26. The van der Waals surface area contributed by atoms with Crippen molar-refractivity contribution in [2.75, 3.05) is 5.73 Å². The lowest BCUT2D eigenvalue weighted by Crippen LogP contribution is -1.95. The van der Waals surface area contributed by atoms with Crippen molar-refractivity contribution in [3.05, 3.63) is 52.0 Å². The zero-order valence-electron chi connectivity index (χ0n) is 10.0. The van der Waals surface area contributed by atoms with Crippen LogP contribution < -0.4 is 5.73 Å². The molecule has 0 atom stereocenters. The van der Waals surface area contributed by atoms with E-state index in [9.17, 15) is 8.78 Å². The monoisotopic (exact) mass is 267 g/mol. The van der Waals surface area contributed by atoms with Crippen LogP contribution in [0.3, 0.4) is 0 Å². The van der Waals surface area contributed by atoms with Gasteiger partial charge in [-0.05, 0) is 49.2 Å². The summed E-state index contributed by atoms with van der Waals surface area (Å²) in [5.74, 6) is -0.834. The van der Waals surface area contributed by atoms with Gasteiger partial charge in [0.1, 0.15) is 11.6 Å². The van der Waals surface area contributed by atoms with E-state index in [0.29, 0.717) is 22.4 Å².